The molecule has 25 N–H and O–H groups in total. The molecule has 1 saturated heterocycles. The third-order valence-electron chi connectivity index (χ3n) is 14.2. The zero-order valence-corrected chi connectivity index (χ0v) is 53.9. The van der Waals surface area contributed by atoms with E-state index in [4.69, 9.17) is 33.8 Å². The Morgan fingerprint density at radius 2 is 1.17 bits per heavy atom. The van der Waals surface area contributed by atoms with E-state index >= 15 is 0 Å². The molecule has 38 nitrogen and oxygen atoms in total. The van der Waals surface area contributed by atoms with Crippen molar-refractivity contribution in [2.45, 2.75) is 151 Å². The van der Waals surface area contributed by atoms with Crippen molar-refractivity contribution in [3.8, 4) is 5.75 Å². The van der Waals surface area contributed by atoms with E-state index in [1.807, 2.05) is 0 Å². The summed E-state index contributed by atoms with van der Waals surface area (Å²) < 4.78 is 0. The minimum Gasteiger partial charge on any atom is -0.508 e. The number of phenols is 1. The second-order valence-electron chi connectivity index (χ2n) is 21.8. The van der Waals surface area contributed by atoms with E-state index in [0.717, 1.165) is 4.90 Å². The maximum absolute atomic E-state index is 14.3. The molecule has 1 aliphatic heterocycles. The summed E-state index contributed by atoms with van der Waals surface area (Å²) in [5.74, 6) is -15.5. The van der Waals surface area contributed by atoms with Gasteiger partial charge in [-0.1, -0.05) is 12.1 Å². The van der Waals surface area contributed by atoms with Gasteiger partial charge in [0.15, 0.2) is 5.96 Å². The fourth-order valence-corrected chi connectivity index (χ4v) is 9.50. The zero-order chi connectivity index (χ0) is 71.2. The molecule has 3 rings (SSSR count). The van der Waals surface area contributed by atoms with Gasteiger partial charge in [0.05, 0.1) is 31.9 Å². The average Bonchev–Trinajstić information content (AvgIpc) is 2.38. The molecule has 0 spiro atoms. The van der Waals surface area contributed by atoms with Gasteiger partial charge >= 0.3 is 5.97 Å². The number of carboxylic acids is 1. The van der Waals surface area contributed by atoms with E-state index in [1.165, 1.54) is 57.6 Å². The largest absolute Gasteiger partial charge is 0.508 e. The minimum atomic E-state index is -1.68. The lowest BCUT2D eigenvalue weighted by Crippen LogP contribution is -2.60. The molecule has 0 aliphatic carbocycles. The molecule has 40 heteroatoms. The van der Waals surface area contributed by atoms with Gasteiger partial charge in [-0.15, -0.1) is 0 Å². The van der Waals surface area contributed by atoms with Crippen molar-refractivity contribution in [1.29, 1.82) is 0 Å². The first-order chi connectivity index (χ1) is 44.8. The predicted octanol–water partition coefficient (Wildman–Crippen LogP) is -9.63. The third-order valence-corrected chi connectivity index (χ3v) is 15.0. The van der Waals surface area contributed by atoms with E-state index in [-0.39, 0.29) is 81.3 Å². The van der Waals surface area contributed by atoms with Crippen molar-refractivity contribution in [3.05, 3.63) is 48.0 Å². The van der Waals surface area contributed by atoms with Crippen LogP contribution in [-0.2, 0) is 84.8 Å². The van der Waals surface area contributed by atoms with Crippen LogP contribution in [0.5, 0.6) is 5.75 Å². The Hall–Kier alpha value is -9.83. The molecule has 2 aromatic rings. The molecule has 0 unspecified atom stereocenters. The predicted molar refractivity (Wildman–Crippen MR) is 341 cm³/mol. The lowest BCUT2D eigenvalue weighted by atomic mass is 10.0. The van der Waals surface area contributed by atoms with Crippen LogP contribution < -0.4 is 87.2 Å². The molecule has 12 atom stereocenters. The number of H-pyrrole nitrogens is 1. The van der Waals surface area contributed by atoms with E-state index in [1.54, 1.807) is 0 Å². The van der Waals surface area contributed by atoms with Gasteiger partial charge in [0.25, 0.3) is 0 Å². The number of aliphatic carboxylic acids is 1. The highest BCUT2D eigenvalue weighted by Crippen LogP contribution is 2.20. The number of guanidine groups is 1. The highest BCUT2D eigenvalue weighted by atomic mass is 32.1. The van der Waals surface area contributed by atoms with Crippen molar-refractivity contribution in [3.63, 3.8) is 0 Å². The Bertz CT molecular complexity index is 3090. The van der Waals surface area contributed by atoms with Crippen molar-refractivity contribution >= 4 is 120 Å². The van der Waals surface area contributed by atoms with Crippen LogP contribution in [-0.4, -0.2) is 235 Å². The van der Waals surface area contributed by atoms with Crippen LogP contribution in [0.25, 0.3) is 0 Å². The number of hydrogen-bond donors (Lipinski definition) is 22. The lowest BCUT2D eigenvalue weighted by Gasteiger charge is -2.30. The van der Waals surface area contributed by atoms with Gasteiger partial charge in [0.2, 0.25) is 82.7 Å². The summed E-state index contributed by atoms with van der Waals surface area (Å²) in [5.41, 5.74) is 28.1. The molecule has 2 heterocycles. The number of aromatic nitrogens is 2. The number of nitrogens with zero attached hydrogens (tertiary/aromatic N) is 3. The number of amides is 14. The number of rotatable bonds is 40. The zero-order valence-electron chi connectivity index (χ0n) is 52.1. The van der Waals surface area contributed by atoms with Gasteiger partial charge in [-0.2, -0.15) is 25.3 Å². The van der Waals surface area contributed by atoms with Gasteiger partial charge in [-0.05, 0) is 70.6 Å². The number of carbonyl (C=O) groups excluding carboxylic acids is 14. The van der Waals surface area contributed by atoms with E-state index in [9.17, 15) is 82.1 Å². The highest BCUT2D eigenvalue weighted by molar-refractivity contribution is 7.80. The molecule has 1 aromatic carbocycles. The summed E-state index contributed by atoms with van der Waals surface area (Å²) in [6.07, 6.45) is 0.841. The number of likely N-dealkylation sites (tertiary alicyclic amines) is 1. The summed E-state index contributed by atoms with van der Waals surface area (Å²) in [6.45, 7) is 1.90. The molecule has 524 valence electrons. The monoisotopic (exact) mass is 1380 g/mol. The molecule has 14 amide bonds. The van der Waals surface area contributed by atoms with E-state index in [2.05, 4.69) is 98.7 Å². The summed E-state index contributed by atoms with van der Waals surface area (Å²) in [6, 6.07) is -11.7. The first kappa shape index (κ1) is 79.4. The van der Waals surface area contributed by atoms with Crippen LogP contribution >= 0.6 is 25.3 Å². The summed E-state index contributed by atoms with van der Waals surface area (Å²) in [4.78, 5) is 209. The van der Waals surface area contributed by atoms with Crippen molar-refractivity contribution in [2.24, 2.45) is 33.7 Å². The number of benzene rings is 1. The van der Waals surface area contributed by atoms with Crippen LogP contribution in [0.2, 0.25) is 0 Å². The number of aliphatic hydroxyl groups is 1. The molecule has 1 aromatic heterocycles. The van der Waals surface area contributed by atoms with Crippen LogP contribution in [0.4, 0.5) is 0 Å². The third kappa shape index (κ3) is 27.3. The van der Waals surface area contributed by atoms with Crippen molar-refractivity contribution in [1.82, 2.24) is 73.4 Å². The molecular formula is C55H84N20O18S2. The Morgan fingerprint density at radius 1 is 0.642 bits per heavy atom. The van der Waals surface area contributed by atoms with Gasteiger partial charge in [-0.25, -0.2) is 4.98 Å². The number of imidazole rings is 1. The summed E-state index contributed by atoms with van der Waals surface area (Å²) >= 11 is 8.08. The van der Waals surface area contributed by atoms with Crippen LogP contribution in [0.1, 0.15) is 77.0 Å². The van der Waals surface area contributed by atoms with Crippen LogP contribution in [0.3, 0.4) is 0 Å². The number of aromatic amines is 1. The number of thiol groups is 2. The maximum Gasteiger partial charge on any atom is 0.303 e. The number of aliphatic hydroxyl groups excluding tert-OH is 1. The number of primary amides is 2. The van der Waals surface area contributed by atoms with Gasteiger partial charge in [0.1, 0.15) is 72.2 Å². The number of hydrogen-bond acceptors (Lipinski definition) is 22. The number of phenolic OH excluding ortho intramolecular Hbond substituents is 1. The normalized spacial score (nSPS) is 16.0. The maximum atomic E-state index is 14.3. The standard InChI is InChI=1S/C55H84N20O18S2/c1-25(65-45(84)26(2)67-53(92)39-7-5-15-75(39)54(93)35(18-40(57)78)71-52(91)38(23-95)74-46(85)27(3)66-47(86)31(56)12-13-42(80)81)44(83)63-20-41(79)68-32(6-4-14-62-55(59)60)48(87)70-34(17-29-19-61-24-64-29)50(89)69-33(16-28-8-10-30(77)11-9-28)49(88)72-36(21-76)51(90)73-37(22-94)43(58)82/h8-11,19,24-27,31-39,76-77,94-95H,4-7,12-18,20-23,56H2,1-3H3,(H2,57,78)(H2,58,82)(H,61,64)(H,63,83)(H,65,84)(H,66,86)(H,67,92)(H,68,79)(H,69,89)(H,70,87)(H,71,91)(H,72,88)(H,73,90)(H,74,85)(H,80,81)(H4,59,60,62)/t25-,26-,27-,31-,32-,33-,34-,35-,36-,37-,38-,39-/m0/s1. The number of carboxylic acid groups (broad SMARTS) is 1. The molecule has 0 saturated carbocycles. The Labute approximate surface area is 554 Å². The molecular weight excluding hydrogens is 1290 g/mol. The quantitative estimate of drug-likeness (QED) is 0.0127. The number of aliphatic imine (C=N–C) groups is 1. The molecule has 1 aliphatic rings. The lowest BCUT2D eigenvalue weighted by molar-refractivity contribution is -0.143. The second kappa shape index (κ2) is 39.7. The average molecular weight is 1380 g/mol. The summed E-state index contributed by atoms with van der Waals surface area (Å²) in [5, 5.41) is 55.2. The Balaban J connectivity index is 1.71. The Morgan fingerprint density at radius 3 is 1.74 bits per heavy atom. The fraction of sp³-hybridized carbons (Fsp3) is 0.545. The second-order valence-corrected chi connectivity index (χ2v) is 22.6. The SMILES string of the molecule is C[C@H](NC(=O)[C@H](C)NC(=O)[C@@H]1CCCN1C(=O)[C@H](CC(N)=O)NC(=O)[C@H](CS)NC(=O)[C@H](C)NC(=O)[C@@H](N)CCC(=O)O)C(=O)NCC(=O)N[C@@H](CCCN=C(N)N)C(=O)N[C@@H](Cc1cnc[nH]1)C(=O)N[C@@H](Cc1ccc(O)cc1)C(=O)N[C@@H](CO)C(=O)N[C@@H](CS)C(N)=O. The first-order valence-electron chi connectivity index (χ1n) is 29.6. The summed E-state index contributed by atoms with van der Waals surface area (Å²) in [7, 11) is 0. The highest BCUT2D eigenvalue weighted by Gasteiger charge is 2.40. The number of aromatic hydroxyl groups is 1. The fourth-order valence-electron chi connectivity index (χ4n) is 8.97. The Kier molecular flexibility index (Phi) is 33.1. The first-order valence-corrected chi connectivity index (χ1v) is 30.8. The molecule has 95 heavy (non-hydrogen) atoms. The molecule has 0 bridgehead atoms. The van der Waals surface area contributed by atoms with Crippen molar-refractivity contribution in [2.75, 3.05) is 37.7 Å². The van der Waals surface area contributed by atoms with Crippen LogP contribution in [0.15, 0.2) is 41.8 Å². The number of nitrogens with one attached hydrogen (secondary N) is 12. The molecule has 0 radical (unpaired) electrons. The van der Waals surface area contributed by atoms with E-state index < -0.39 is 187 Å². The van der Waals surface area contributed by atoms with E-state index in [0.29, 0.717) is 11.3 Å². The molecule has 1 fully saturated rings. The van der Waals surface area contributed by atoms with Crippen LogP contribution in [0, 0.1) is 0 Å². The number of carbonyl (C=O) groups is 15. The van der Waals surface area contributed by atoms with Gasteiger partial charge < -0.3 is 112 Å². The van der Waals surface area contributed by atoms with Gasteiger partial charge in [0, 0.05) is 55.7 Å². The van der Waals surface area contributed by atoms with Crippen molar-refractivity contribution < 1.29 is 87.2 Å². The minimum absolute atomic E-state index is 0.0358. The smallest absolute Gasteiger partial charge is 0.303 e. The number of nitrogens with two attached hydrogens (primary N) is 5. The topological polar surface area (TPSA) is 623 Å². The van der Waals surface area contributed by atoms with Gasteiger partial charge in [-0.3, -0.25) is 76.9 Å².